The molecule has 0 saturated carbocycles. The van der Waals surface area contributed by atoms with Crippen molar-refractivity contribution in [1.82, 2.24) is 5.32 Å². The molecular formula is C16H17BrN2O2S. The van der Waals surface area contributed by atoms with Gasteiger partial charge >= 0.3 is 0 Å². The molecular weight excluding hydrogens is 364 g/mol. The minimum atomic E-state index is -3.76. The third-order valence-electron chi connectivity index (χ3n) is 4.00. The Morgan fingerprint density at radius 1 is 1.18 bits per heavy atom. The summed E-state index contributed by atoms with van der Waals surface area (Å²) in [5.74, 6) is 0. The molecule has 1 unspecified atom stereocenters. The Balaban J connectivity index is 1.83. The zero-order chi connectivity index (χ0) is 15.7. The van der Waals surface area contributed by atoms with E-state index in [1.165, 1.54) is 11.1 Å². The molecule has 0 heterocycles. The number of aryl methyl sites for hydroxylation is 1. The highest BCUT2D eigenvalue weighted by Gasteiger charge is 2.23. The molecule has 3 rings (SSSR count). The Labute approximate surface area is 138 Å². The molecule has 2 aromatic carbocycles. The van der Waals surface area contributed by atoms with Crippen LogP contribution in [-0.4, -0.2) is 8.42 Å². The van der Waals surface area contributed by atoms with Crippen LogP contribution in [0.4, 0.5) is 0 Å². The van der Waals surface area contributed by atoms with Crippen molar-refractivity contribution < 1.29 is 8.42 Å². The molecule has 2 aromatic rings. The lowest BCUT2D eigenvalue weighted by Gasteiger charge is -2.16. The minimum absolute atomic E-state index is 0.161. The number of primary sulfonamides is 1. The number of halogens is 1. The highest BCUT2D eigenvalue weighted by atomic mass is 79.9. The van der Waals surface area contributed by atoms with Crippen LogP contribution in [0.15, 0.2) is 51.8 Å². The lowest BCUT2D eigenvalue weighted by molar-refractivity contribution is 0.525. The van der Waals surface area contributed by atoms with Crippen LogP contribution in [-0.2, 0) is 23.0 Å². The average Bonchev–Trinajstić information content (AvgIpc) is 2.87. The molecule has 22 heavy (non-hydrogen) atoms. The first-order valence-electron chi connectivity index (χ1n) is 7.08. The Morgan fingerprint density at radius 2 is 1.95 bits per heavy atom. The third-order valence-corrected chi connectivity index (χ3v) is 5.98. The van der Waals surface area contributed by atoms with Gasteiger partial charge in [-0.15, -0.1) is 0 Å². The first kappa shape index (κ1) is 15.7. The summed E-state index contributed by atoms with van der Waals surface area (Å²) in [5, 5.41) is 8.79. The van der Waals surface area contributed by atoms with E-state index in [0.29, 0.717) is 16.6 Å². The molecule has 0 saturated heterocycles. The molecule has 1 aliphatic carbocycles. The quantitative estimate of drug-likeness (QED) is 0.856. The van der Waals surface area contributed by atoms with Gasteiger partial charge in [0, 0.05) is 17.1 Å². The number of nitrogens with two attached hydrogens (primary N) is 1. The second kappa shape index (κ2) is 6.12. The monoisotopic (exact) mass is 380 g/mol. The van der Waals surface area contributed by atoms with Gasteiger partial charge in [0.05, 0.1) is 0 Å². The minimum Gasteiger partial charge on any atom is -0.306 e. The molecule has 0 radical (unpaired) electrons. The topological polar surface area (TPSA) is 72.2 Å². The van der Waals surface area contributed by atoms with E-state index in [1.807, 2.05) is 12.1 Å². The van der Waals surface area contributed by atoms with Gasteiger partial charge in [0.15, 0.2) is 0 Å². The zero-order valence-electron chi connectivity index (χ0n) is 11.9. The molecule has 0 amide bonds. The standard InChI is InChI=1S/C16H17BrN2O2S/c17-14-7-3-5-12(16(14)22(18,20)21)10-19-15-9-8-11-4-1-2-6-13(11)15/h1-7,15,19H,8-10H2,(H2,18,20,21). The zero-order valence-corrected chi connectivity index (χ0v) is 14.3. The lowest BCUT2D eigenvalue weighted by Crippen LogP contribution is -2.22. The van der Waals surface area contributed by atoms with Gasteiger partial charge in [0.25, 0.3) is 0 Å². The van der Waals surface area contributed by atoms with Gasteiger partial charge in [0.1, 0.15) is 4.90 Å². The molecule has 0 bridgehead atoms. The van der Waals surface area contributed by atoms with Gasteiger partial charge in [-0.1, -0.05) is 36.4 Å². The van der Waals surface area contributed by atoms with Crippen LogP contribution in [0.3, 0.4) is 0 Å². The number of hydrogen-bond acceptors (Lipinski definition) is 3. The van der Waals surface area contributed by atoms with Crippen molar-refractivity contribution in [2.24, 2.45) is 5.14 Å². The number of rotatable bonds is 4. The molecule has 0 aromatic heterocycles. The number of fused-ring (bicyclic) bond motifs is 1. The van der Waals surface area contributed by atoms with E-state index in [1.54, 1.807) is 12.1 Å². The fraction of sp³-hybridized carbons (Fsp3) is 0.250. The molecule has 6 heteroatoms. The highest BCUT2D eigenvalue weighted by molar-refractivity contribution is 9.10. The largest absolute Gasteiger partial charge is 0.306 e. The van der Waals surface area contributed by atoms with Gasteiger partial charge < -0.3 is 5.32 Å². The second-order valence-electron chi connectivity index (χ2n) is 5.44. The van der Waals surface area contributed by atoms with Gasteiger partial charge in [-0.2, -0.15) is 0 Å². The summed E-state index contributed by atoms with van der Waals surface area (Å²) < 4.78 is 24.1. The highest BCUT2D eigenvalue weighted by Crippen LogP contribution is 2.31. The molecule has 4 nitrogen and oxygen atoms in total. The first-order chi connectivity index (χ1) is 10.5. The van der Waals surface area contributed by atoms with Crippen molar-refractivity contribution >= 4 is 26.0 Å². The summed E-state index contributed by atoms with van der Waals surface area (Å²) in [6.07, 6.45) is 2.08. The Morgan fingerprint density at radius 3 is 2.73 bits per heavy atom. The van der Waals surface area contributed by atoms with Crippen LogP contribution in [0, 0.1) is 0 Å². The van der Waals surface area contributed by atoms with E-state index in [-0.39, 0.29) is 10.9 Å². The maximum Gasteiger partial charge on any atom is 0.239 e. The maximum absolute atomic E-state index is 11.8. The Bertz CT molecular complexity index is 806. The predicted octanol–water partition coefficient (Wildman–Crippen LogP) is 2.87. The van der Waals surface area contributed by atoms with Crippen LogP contribution in [0.2, 0.25) is 0 Å². The second-order valence-corrected chi connectivity index (χ2v) is 7.80. The summed E-state index contributed by atoms with van der Waals surface area (Å²) in [4.78, 5) is 0.161. The molecule has 1 atom stereocenters. The van der Waals surface area contributed by atoms with Gasteiger partial charge in [0.2, 0.25) is 10.0 Å². The molecule has 0 fully saturated rings. The number of nitrogens with one attached hydrogen (secondary N) is 1. The van der Waals surface area contributed by atoms with Crippen molar-refractivity contribution in [1.29, 1.82) is 0 Å². The smallest absolute Gasteiger partial charge is 0.239 e. The number of hydrogen-bond donors (Lipinski definition) is 2. The first-order valence-corrected chi connectivity index (χ1v) is 9.42. The van der Waals surface area contributed by atoms with Crippen molar-refractivity contribution in [2.75, 3.05) is 0 Å². The van der Waals surface area contributed by atoms with Crippen molar-refractivity contribution in [3.63, 3.8) is 0 Å². The van der Waals surface area contributed by atoms with E-state index in [0.717, 1.165) is 12.8 Å². The normalized spacial score (nSPS) is 17.5. The summed E-state index contributed by atoms with van der Waals surface area (Å²) in [5.41, 5.74) is 3.34. The van der Waals surface area contributed by atoms with Crippen molar-refractivity contribution in [3.8, 4) is 0 Å². The summed E-state index contributed by atoms with van der Waals surface area (Å²) in [6, 6.07) is 13.9. The Hall–Kier alpha value is -1.21. The van der Waals surface area contributed by atoms with E-state index < -0.39 is 10.0 Å². The summed E-state index contributed by atoms with van der Waals surface area (Å²) >= 11 is 3.28. The molecule has 116 valence electrons. The van der Waals surface area contributed by atoms with Gasteiger partial charge in [-0.3, -0.25) is 0 Å². The average molecular weight is 381 g/mol. The van der Waals surface area contributed by atoms with Crippen LogP contribution in [0.1, 0.15) is 29.2 Å². The molecule has 1 aliphatic rings. The number of benzene rings is 2. The fourth-order valence-corrected chi connectivity index (χ4v) is 4.94. The summed E-state index contributed by atoms with van der Waals surface area (Å²) in [6.45, 7) is 0.463. The summed E-state index contributed by atoms with van der Waals surface area (Å²) in [7, 11) is -3.76. The van der Waals surface area contributed by atoms with Crippen LogP contribution < -0.4 is 10.5 Å². The van der Waals surface area contributed by atoms with Crippen LogP contribution >= 0.6 is 15.9 Å². The molecule has 0 spiro atoms. The number of sulfonamides is 1. The van der Waals surface area contributed by atoms with Gasteiger partial charge in [-0.25, -0.2) is 13.6 Å². The molecule has 3 N–H and O–H groups in total. The Kier molecular flexibility index (Phi) is 4.36. The van der Waals surface area contributed by atoms with Crippen molar-refractivity contribution in [2.45, 2.75) is 30.3 Å². The van der Waals surface area contributed by atoms with E-state index in [4.69, 9.17) is 5.14 Å². The van der Waals surface area contributed by atoms with E-state index >= 15 is 0 Å². The van der Waals surface area contributed by atoms with Gasteiger partial charge in [-0.05, 0) is 51.5 Å². The van der Waals surface area contributed by atoms with Crippen LogP contribution in [0.25, 0.3) is 0 Å². The predicted molar refractivity (Wildman–Crippen MR) is 89.9 cm³/mol. The van der Waals surface area contributed by atoms with Crippen molar-refractivity contribution in [3.05, 3.63) is 63.6 Å². The van der Waals surface area contributed by atoms with Crippen LogP contribution in [0.5, 0.6) is 0 Å². The van der Waals surface area contributed by atoms with E-state index in [9.17, 15) is 8.42 Å². The SMILES string of the molecule is NS(=O)(=O)c1c(Br)cccc1CNC1CCc2ccccc21. The fourth-order valence-electron chi connectivity index (χ4n) is 3.01. The maximum atomic E-state index is 11.8. The van der Waals surface area contributed by atoms with E-state index in [2.05, 4.69) is 39.4 Å². The third kappa shape index (κ3) is 3.10. The molecule has 0 aliphatic heterocycles. The lowest BCUT2D eigenvalue weighted by atomic mass is 10.1.